The Bertz CT molecular complexity index is 943. The van der Waals surface area contributed by atoms with Gasteiger partial charge >= 0.3 is 40.8 Å². The molecule has 1 heterocycles. The summed E-state index contributed by atoms with van der Waals surface area (Å²) in [5.41, 5.74) is 8.91. The zero-order valence-corrected chi connectivity index (χ0v) is 25.6. The van der Waals surface area contributed by atoms with E-state index in [4.69, 9.17) is 15.0 Å². The Morgan fingerprint density at radius 3 is 1.15 bits per heavy atom. The van der Waals surface area contributed by atoms with Crippen LogP contribution in [0.4, 0.5) is 11.4 Å². The van der Waals surface area contributed by atoms with Crippen LogP contribution in [0.1, 0.15) is 61.3 Å². The topological polar surface area (TPSA) is 37.6 Å². The number of halogens is 3. The first-order valence-corrected chi connectivity index (χ1v) is 11.0. The summed E-state index contributed by atoms with van der Waals surface area (Å²) in [4.78, 5) is 14.3. The number of benzene rings is 2. The van der Waals surface area contributed by atoms with E-state index in [1.165, 1.54) is 22.3 Å². The first-order valence-electron chi connectivity index (χ1n) is 11.0. The Hall–Kier alpha value is -0.849. The van der Waals surface area contributed by atoms with E-state index in [-0.39, 0.29) is 78.1 Å². The molecule has 0 amide bonds. The third kappa shape index (κ3) is 9.31. The van der Waals surface area contributed by atoms with Crippen LogP contribution in [0.3, 0.4) is 0 Å². The summed E-state index contributed by atoms with van der Waals surface area (Å²) in [7, 11) is 0. The van der Waals surface area contributed by atoms with Crippen LogP contribution in [0.25, 0.3) is 0 Å². The van der Waals surface area contributed by atoms with E-state index in [1.54, 1.807) is 0 Å². The Balaban J connectivity index is 0. The SMILES string of the molecule is CCc1cccc(CC)c1N=Cc1cccc(C=Nc2c(CC)cccc2CC)n1.[Cl-].[Cl-].[Cl-].[Nd+3]. The molecule has 7 heteroatoms. The number of para-hydroxylation sites is 2. The predicted octanol–water partition coefficient (Wildman–Crippen LogP) is -2.16. The average molecular weight is 648 g/mol. The van der Waals surface area contributed by atoms with Gasteiger partial charge in [-0.2, -0.15) is 0 Å². The molecule has 0 atom stereocenters. The van der Waals surface area contributed by atoms with Gasteiger partial charge < -0.3 is 37.2 Å². The quantitative estimate of drug-likeness (QED) is 0.257. The van der Waals surface area contributed by atoms with Gasteiger partial charge in [-0.05, 0) is 60.1 Å². The third-order valence-corrected chi connectivity index (χ3v) is 5.37. The van der Waals surface area contributed by atoms with Gasteiger partial charge in [0.2, 0.25) is 0 Å². The van der Waals surface area contributed by atoms with Gasteiger partial charge in [0, 0.05) is 0 Å². The van der Waals surface area contributed by atoms with Crippen LogP contribution in [-0.2, 0) is 25.7 Å². The Kier molecular flexibility index (Phi) is 19.1. The first kappa shape index (κ1) is 35.3. The van der Waals surface area contributed by atoms with Crippen molar-refractivity contribution < 1.29 is 78.1 Å². The Labute approximate surface area is 256 Å². The summed E-state index contributed by atoms with van der Waals surface area (Å²) in [6.07, 6.45) is 7.61. The van der Waals surface area contributed by atoms with Gasteiger partial charge in [0.25, 0.3) is 0 Å². The Morgan fingerprint density at radius 2 is 0.853 bits per heavy atom. The van der Waals surface area contributed by atoms with Gasteiger partial charge in [0.1, 0.15) is 0 Å². The maximum Gasteiger partial charge on any atom is 3.00 e. The number of aromatic nitrogens is 1. The minimum Gasteiger partial charge on any atom is -1.00 e. The van der Waals surface area contributed by atoms with E-state index in [2.05, 4.69) is 64.1 Å². The average Bonchev–Trinajstić information content (AvgIpc) is 2.80. The predicted molar refractivity (Wildman–Crippen MR) is 129 cm³/mol. The number of aryl methyl sites for hydroxylation is 4. The maximum atomic E-state index is 4.80. The maximum absolute atomic E-state index is 4.80. The van der Waals surface area contributed by atoms with E-state index in [9.17, 15) is 0 Å². The fourth-order valence-electron chi connectivity index (χ4n) is 3.64. The molecule has 0 aliphatic carbocycles. The minimum atomic E-state index is 0. The van der Waals surface area contributed by atoms with Gasteiger partial charge in [0.15, 0.2) is 0 Å². The van der Waals surface area contributed by atoms with Crippen molar-refractivity contribution in [2.75, 3.05) is 0 Å². The van der Waals surface area contributed by atoms with Crippen molar-refractivity contribution in [2.45, 2.75) is 53.4 Å². The van der Waals surface area contributed by atoms with Crippen molar-refractivity contribution in [1.82, 2.24) is 4.98 Å². The van der Waals surface area contributed by atoms with Gasteiger partial charge in [-0.3, -0.25) is 9.98 Å². The molecule has 0 unspecified atom stereocenters. The molecule has 3 aromatic rings. The summed E-state index contributed by atoms with van der Waals surface area (Å²) in [6, 6.07) is 18.8. The molecule has 179 valence electrons. The second-order valence-corrected chi connectivity index (χ2v) is 7.27. The zero-order valence-electron chi connectivity index (χ0n) is 20.2. The van der Waals surface area contributed by atoms with Gasteiger partial charge in [-0.1, -0.05) is 70.2 Å². The van der Waals surface area contributed by atoms with Crippen molar-refractivity contribution in [3.05, 3.63) is 88.2 Å². The minimum absolute atomic E-state index is 0. The molecule has 3 rings (SSSR count). The van der Waals surface area contributed by atoms with Gasteiger partial charge in [-0.15, -0.1) is 0 Å². The largest absolute Gasteiger partial charge is 3.00 e. The molecule has 0 bridgehead atoms. The molecule has 0 N–H and O–H groups in total. The second-order valence-electron chi connectivity index (χ2n) is 7.27. The van der Waals surface area contributed by atoms with Crippen LogP contribution in [0.15, 0.2) is 64.6 Å². The van der Waals surface area contributed by atoms with Crippen LogP contribution in [0.2, 0.25) is 0 Å². The number of pyridine rings is 1. The fraction of sp³-hybridized carbons (Fsp3) is 0.296. The monoisotopic (exact) mass is 644 g/mol. The molecule has 3 nitrogen and oxygen atoms in total. The standard InChI is InChI=1S/C27H31N3.3ClH.Nd/c1-5-20-12-9-13-21(6-2)26(20)28-18-24-16-11-17-25(30-24)19-29-27-22(7-3)14-10-15-23(27)8-4;;;;/h9-19H,5-8H2,1-4H3;3*1H;/q;;;;+3/p-3. The zero-order chi connectivity index (χ0) is 21.3. The molecule has 0 spiro atoms. The summed E-state index contributed by atoms with van der Waals surface area (Å²) in [5.74, 6) is 0. The van der Waals surface area contributed by atoms with E-state index in [0.717, 1.165) is 48.4 Å². The molecule has 0 saturated carbocycles. The van der Waals surface area contributed by atoms with E-state index in [0.29, 0.717) is 0 Å². The number of rotatable bonds is 8. The van der Waals surface area contributed by atoms with Crippen LogP contribution < -0.4 is 37.2 Å². The fourth-order valence-corrected chi connectivity index (χ4v) is 3.64. The summed E-state index contributed by atoms with van der Waals surface area (Å²) in [5, 5.41) is 0. The van der Waals surface area contributed by atoms with Crippen LogP contribution >= 0.6 is 0 Å². The van der Waals surface area contributed by atoms with Crippen molar-refractivity contribution in [3.8, 4) is 0 Å². The molecule has 2 aromatic carbocycles. The number of hydrogen-bond acceptors (Lipinski definition) is 3. The molecule has 34 heavy (non-hydrogen) atoms. The van der Waals surface area contributed by atoms with Crippen molar-refractivity contribution >= 4 is 23.8 Å². The summed E-state index contributed by atoms with van der Waals surface area (Å²) in [6.45, 7) is 8.67. The number of nitrogens with zero attached hydrogens (tertiary/aromatic N) is 3. The molecule has 0 aliphatic heterocycles. The van der Waals surface area contributed by atoms with Gasteiger partial charge in [-0.25, -0.2) is 4.98 Å². The number of hydrogen-bond donors (Lipinski definition) is 0. The van der Waals surface area contributed by atoms with Crippen molar-refractivity contribution in [1.29, 1.82) is 0 Å². The molecule has 0 aliphatic rings. The first-order chi connectivity index (χ1) is 14.7. The Morgan fingerprint density at radius 1 is 0.559 bits per heavy atom. The van der Waals surface area contributed by atoms with Crippen LogP contribution in [0.5, 0.6) is 0 Å². The number of aliphatic imine (C=N–C) groups is 2. The van der Waals surface area contributed by atoms with Crippen LogP contribution in [0, 0.1) is 40.8 Å². The summed E-state index contributed by atoms with van der Waals surface area (Å²) < 4.78 is 0. The molecular weight excluding hydrogens is 617 g/mol. The molecule has 1 aromatic heterocycles. The molecule has 0 saturated heterocycles. The van der Waals surface area contributed by atoms with E-state index >= 15 is 0 Å². The van der Waals surface area contributed by atoms with Gasteiger partial charge in [0.05, 0.1) is 35.2 Å². The van der Waals surface area contributed by atoms with Crippen molar-refractivity contribution in [2.24, 2.45) is 9.98 Å². The molecule has 1 radical (unpaired) electrons. The van der Waals surface area contributed by atoms with Crippen molar-refractivity contribution in [3.63, 3.8) is 0 Å². The molecular formula is C27H31Cl3N3Nd. The smallest absolute Gasteiger partial charge is 1.00 e. The van der Waals surface area contributed by atoms with E-state index in [1.807, 2.05) is 30.6 Å². The molecule has 0 fully saturated rings. The van der Waals surface area contributed by atoms with E-state index < -0.39 is 0 Å². The third-order valence-electron chi connectivity index (χ3n) is 5.37. The summed E-state index contributed by atoms with van der Waals surface area (Å²) >= 11 is 0. The van der Waals surface area contributed by atoms with Crippen LogP contribution in [-0.4, -0.2) is 17.4 Å². The second kappa shape index (κ2) is 18.4. The normalized spacial score (nSPS) is 10.2.